The number of nitrogens with zero attached hydrogens (tertiary/aromatic N) is 2. The molecule has 0 unspecified atom stereocenters. The number of aromatic amines is 2. The highest BCUT2D eigenvalue weighted by Crippen LogP contribution is 2.35. The van der Waals surface area contributed by atoms with E-state index >= 15 is 0 Å². The Balaban J connectivity index is 1.99. The molecule has 27 heavy (non-hydrogen) atoms. The molecule has 0 fully saturated rings. The highest BCUT2D eigenvalue weighted by molar-refractivity contribution is 5.82. The summed E-state index contributed by atoms with van der Waals surface area (Å²) < 4.78 is 40.2. The second-order valence-corrected chi connectivity index (χ2v) is 6.15. The summed E-state index contributed by atoms with van der Waals surface area (Å²) in [5.41, 5.74) is 0.872. The van der Waals surface area contributed by atoms with E-state index in [0.717, 1.165) is 17.7 Å². The number of alkyl halides is 3. The fourth-order valence-corrected chi connectivity index (χ4v) is 2.94. The van der Waals surface area contributed by atoms with Gasteiger partial charge in [0, 0.05) is 17.3 Å². The average molecular weight is 370 g/mol. The molecule has 5 nitrogen and oxygen atoms in total. The molecular formula is C19H13F3N4O. The van der Waals surface area contributed by atoms with Crippen molar-refractivity contribution in [1.82, 2.24) is 20.2 Å². The van der Waals surface area contributed by atoms with Crippen LogP contribution in [-0.4, -0.2) is 20.2 Å². The molecule has 0 aliphatic heterocycles. The summed E-state index contributed by atoms with van der Waals surface area (Å²) in [6.45, 7) is 1.79. The number of fused-ring (bicyclic) bond motifs is 1. The van der Waals surface area contributed by atoms with Gasteiger partial charge in [0.05, 0.1) is 22.2 Å². The van der Waals surface area contributed by atoms with E-state index in [-0.39, 0.29) is 11.4 Å². The molecule has 0 aliphatic carbocycles. The molecule has 2 aromatic carbocycles. The van der Waals surface area contributed by atoms with Gasteiger partial charge in [-0.15, -0.1) is 0 Å². The quantitative estimate of drug-likeness (QED) is 0.552. The van der Waals surface area contributed by atoms with Crippen LogP contribution < -0.4 is 5.56 Å². The average Bonchev–Trinajstić information content (AvgIpc) is 3.16. The molecule has 8 heteroatoms. The van der Waals surface area contributed by atoms with Crippen molar-refractivity contribution in [1.29, 1.82) is 0 Å². The van der Waals surface area contributed by atoms with E-state index in [4.69, 9.17) is 0 Å². The lowest BCUT2D eigenvalue weighted by Crippen LogP contribution is -2.11. The van der Waals surface area contributed by atoms with E-state index < -0.39 is 17.3 Å². The van der Waals surface area contributed by atoms with E-state index in [0.29, 0.717) is 22.2 Å². The Morgan fingerprint density at radius 3 is 2.52 bits per heavy atom. The number of hydrogen-bond acceptors (Lipinski definition) is 3. The maximum atomic E-state index is 13.4. The van der Waals surface area contributed by atoms with Crippen molar-refractivity contribution >= 4 is 10.9 Å². The van der Waals surface area contributed by atoms with Gasteiger partial charge in [-0.25, -0.2) is 4.98 Å². The smallest absolute Gasteiger partial charge is 0.306 e. The Hall–Kier alpha value is -3.42. The van der Waals surface area contributed by atoms with Crippen LogP contribution in [0.25, 0.3) is 33.5 Å². The van der Waals surface area contributed by atoms with Crippen molar-refractivity contribution in [2.45, 2.75) is 13.1 Å². The maximum Gasteiger partial charge on any atom is 0.416 e. The van der Waals surface area contributed by atoms with Crippen LogP contribution in [0, 0.1) is 6.92 Å². The van der Waals surface area contributed by atoms with Gasteiger partial charge in [-0.1, -0.05) is 12.1 Å². The zero-order chi connectivity index (χ0) is 19.2. The van der Waals surface area contributed by atoms with Gasteiger partial charge in [-0.05, 0) is 42.8 Å². The summed E-state index contributed by atoms with van der Waals surface area (Å²) in [6.07, 6.45) is -3.09. The van der Waals surface area contributed by atoms with E-state index in [1.54, 1.807) is 31.2 Å². The van der Waals surface area contributed by atoms with Gasteiger partial charge in [-0.2, -0.15) is 18.3 Å². The first kappa shape index (κ1) is 17.0. The Kier molecular flexibility index (Phi) is 3.83. The standard InChI is InChI=1S/C19H13F3N4O/c1-10-3-2-4-14-16(10)24-17(25-18(14)27)12-7-11(15-5-6-23-26-15)8-13(9-12)19(20,21)22/h2-9H,1H3,(H,23,26)(H,24,25,27). The summed E-state index contributed by atoms with van der Waals surface area (Å²) in [7, 11) is 0. The minimum Gasteiger partial charge on any atom is -0.306 e. The topological polar surface area (TPSA) is 74.4 Å². The molecule has 136 valence electrons. The van der Waals surface area contributed by atoms with Crippen molar-refractivity contribution in [3.05, 3.63) is 70.1 Å². The molecule has 0 aliphatic rings. The highest BCUT2D eigenvalue weighted by Gasteiger charge is 2.31. The first-order valence-electron chi connectivity index (χ1n) is 8.05. The van der Waals surface area contributed by atoms with Crippen LogP contribution >= 0.6 is 0 Å². The zero-order valence-electron chi connectivity index (χ0n) is 14.1. The number of aryl methyl sites for hydroxylation is 1. The third-order valence-corrected chi connectivity index (χ3v) is 4.28. The van der Waals surface area contributed by atoms with Gasteiger partial charge in [0.1, 0.15) is 5.82 Å². The van der Waals surface area contributed by atoms with Gasteiger partial charge in [0.25, 0.3) is 5.56 Å². The summed E-state index contributed by atoms with van der Waals surface area (Å²) in [4.78, 5) is 19.4. The lowest BCUT2D eigenvalue weighted by Gasteiger charge is -2.12. The Labute approximate surface area is 150 Å². The number of hydrogen-bond donors (Lipinski definition) is 2. The Morgan fingerprint density at radius 1 is 1.04 bits per heavy atom. The minimum atomic E-state index is -4.54. The molecule has 0 bridgehead atoms. The Bertz CT molecular complexity index is 1190. The second kappa shape index (κ2) is 6.08. The molecule has 4 rings (SSSR count). The van der Waals surface area contributed by atoms with Crippen LogP contribution in [0.15, 0.2) is 53.5 Å². The maximum absolute atomic E-state index is 13.4. The summed E-state index contributed by atoms with van der Waals surface area (Å²) in [5.74, 6) is 0.0775. The predicted molar refractivity (Wildman–Crippen MR) is 95.1 cm³/mol. The van der Waals surface area contributed by atoms with E-state index in [1.165, 1.54) is 12.3 Å². The van der Waals surface area contributed by atoms with Crippen molar-refractivity contribution in [3.8, 4) is 22.6 Å². The number of H-pyrrole nitrogens is 2. The molecule has 0 saturated carbocycles. The van der Waals surface area contributed by atoms with Crippen LogP contribution in [0.5, 0.6) is 0 Å². The monoisotopic (exact) mass is 370 g/mol. The molecular weight excluding hydrogens is 357 g/mol. The van der Waals surface area contributed by atoms with Crippen LogP contribution in [0.1, 0.15) is 11.1 Å². The molecule has 2 N–H and O–H groups in total. The first-order valence-corrected chi connectivity index (χ1v) is 8.05. The van der Waals surface area contributed by atoms with Gasteiger partial charge in [-0.3, -0.25) is 9.89 Å². The van der Waals surface area contributed by atoms with Gasteiger partial charge >= 0.3 is 6.18 Å². The van der Waals surface area contributed by atoms with Crippen molar-refractivity contribution in [2.24, 2.45) is 0 Å². The molecule has 0 saturated heterocycles. The van der Waals surface area contributed by atoms with E-state index in [2.05, 4.69) is 20.2 Å². The highest BCUT2D eigenvalue weighted by atomic mass is 19.4. The number of nitrogens with one attached hydrogen (secondary N) is 2. The predicted octanol–water partition coefficient (Wildman–Crippen LogP) is 4.31. The largest absolute Gasteiger partial charge is 0.416 e. The summed E-state index contributed by atoms with van der Waals surface area (Å²) in [5, 5.41) is 6.82. The third kappa shape index (κ3) is 3.10. The fraction of sp³-hybridized carbons (Fsp3) is 0.105. The number of halogens is 3. The molecule has 2 aromatic heterocycles. The fourth-order valence-electron chi connectivity index (χ4n) is 2.94. The number of benzene rings is 2. The SMILES string of the molecule is Cc1cccc2c(=O)[nH]c(-c3cc(-c4ccn[nH]4)cc(C(F)(F)F)c3)nc12. The molecule has 2 heterocycles. The van der Waals surface area contributed by atoms with Crippen molar-refractivity contribution < 1.29 is 13.2 Å². The van der Waals surface area contributed by atoms with Crippen molar-refractivity contribution in [2.75, 3.05) is 0 Å². The number of aromatic nitrogens is 4. The second-order valence-electron chi connectivity index (χ2n) is 6.15. The van der Waals surface area contributed by atoms with Crippen LogP contribution in [0.2, 0.25) is 0 Å². The molecule has 0 radical (unpaired) electrons. The van der Waals surface area contributed by atoms with E-state index in [9.17, 15) is 18.0 Å². The normalized spacial score (nSPS) is 11.9. The van der Waals surface area contributed by atoms with Crippen LogP contribution in [0.4, 0.5) is 13.2 Å². The molecule has 0 spiro atoms. The lowest BCUT2D eigenvalue weighted by molar-refractivity contribution is -0.137. The van der Waals surface area contributed by atoms with E-state index in [1.807, 2.05) is 0 Å². The minimum absolute atomic E-state index is 0.0775. The molecule has 0 atom stereocenters. The number of para-hydroxylation sites is 1. The number of rotatable bonds is 2. The summed E-state index contributed by atoms with van der Waals surface area (Å²) >= 11 is 0. The van der Waals surface area contributed by atoms with Crippen LogP contribution in [-0.2, 0) is 6.18 Å². The first-order chi connectivity index (χ1) is 12.8. The van der Waals surface area contributed by atoms with Crippen LogP contribution in [0.3, 0.4) is 0 Å². The Morgan fingerprint density at radius 2 is 1.81 bits per heavy atom. The van der Waals surface area contributed by atoms with Crippen molar-refractivity contribution in [3.63, 3.8) is 0 Å². The summed E-state index contributed by atoms with van der Waals surface area (Å²) in [6, 6.07) is 10.3. The zero-order valence-corrected chi connectivity index (χ0v) is 14.1. The van der Waals surface area contributed by atoms with Gasteiger partial charge in [0.2, 0.25) is 0 Å². The molecule has 4 aromatic rings. The van der Waals surface area contributed by atoms with Gasteiger partial charge in [0.15, 0.2) is 0 Å². The lowest BCUT2D eigenvalue weighted by atomic mass is 10.0. The molecule has 0 amide bonds. The van der Waals surface area contributed by atoms with Gasteiger partial charge < -0.3 is 4.98 Å². The third-order valence-electron chi connectivity index (χ3n) is 4.28.